The molecule has 1 heteroatoms. The van der Waals surface area contributed by atoms with Crippen LogP contribution in [0.5, 0.6) is 0 Å². The minimum absolute atomic E-state index is 0.0794. The van der Waals surface area contributed by atoms with Crippen molar-refractivity contribution in [3.63, 3.8) is 0 Å². The van der Waals surface area contributed by atoms with Crippen LogP contribution in [0.1, 0.15) is 20.8 Å². The van der Waals surface area contributed by atoms with Crippen molar-refractivity contribution in [2.24, 2.45) is 0 Å². The third kappa shape index (κ3) is 1.23. The van der Waals surface area contributed by atoms with Gasteiger partial charge in [0.15, 0.2) is 0 Å². The SMILES string of the molecule is CC1=C[C](C)=[Sb][CH]1C. The van der Waals surface area contributed by atoms with Crippen LogP contribution in [0.25, 0.3) is 0 Å². The van der Waals surface area contributed by atoms with Gasteiger partial charge in [-0.1, -0.05) is 0 Å². The fourth-order valence-corrected chi connectivity index (χ4v) is 4.23. The minimum atomic E-state index is 0.0794. The van der Waals surface area contributed by atoms with E-state index in [1.165, 1.54) is 0 Å². The van der Waals surface area contributed by atoms with E-state index in [1.54, 1.807) is 9.02 Å². The Morgan fingerprint density at radius 3 is 2.25 bits per heavy atom. The molecule has 0 spiro atoms. The summed E-state index contributed by atoms with van der Waals surface area (Å²) in [5.74, 6) is 0. The van der Waals surface area contributed by atoms with Crippen molar-refractivity contribution in [1.29, 1.82) is 0 Å². The summed E-state index contributed by atoms with van der Waals surface area (Å²) < 4.78 is 2.65. The van der Waals surface area contributed by atoms with Crippen LogP contribution in [-0.4, -0.2) is 24.6 Å². The molecule has 0 aromatic heterocycles. The first-order chi connectivity index (χ1) is 3.70. The van der Waals surface area contributed by atoms with Crippen molar-refractivity contribution < 1.29 is 0 Å². The first-order valence-electron chi connectivity index (χ1n) is 2.93. The van der Waals surface area contributed by atoms with Gasteiger partial charge in [0.05, 0.1) is 0 Å². The zero-order valence-corrected chi connectivity index (χ0v) is 8.15. The molecule has 1 atom stereocenters. The third-order valence-electron chi connectivity index (χ3n) is 1.49. The second-order valence-corrected chi connectivity index (χ2v) is 7.30. The predicted molar refractivity (Wildman–Crippen MR) is 39.6 cm³/mol. The standard InChI is InChI=1S/C7H11.Sb/c1-4-6-7(3)5-2;/h5-6H,1-3H3;. The molecular formula is C7H11Sb. The second kappa shape index (κ2) is 2.35. The molecule has 1 unspecified atom stereocenters. The van der Waals surface area contributed by atoms with E-state index in [2.05, 4.69) is 26.8 Å². The zero-order chi connectivity index (χ0) is 6.15. The Kier molecular flexibility index (Phi) is 1.92. The molecule has 0 N–H and O–H groups in total. The Morgan fingerprint density at radius 2 is 2.12 bits per heavy atom. The summed E-state index contributed by atoms with van der Waals surface area (Å²) in [4.78, 5) is 0. The number of rotatable bonds is 0. The molecule has 0 fully saturated rings. The maximum absolute atomic E-state index is 2.36. The van der Waals surface area contributed by atoms with Crippen LogP contribution in [0.15, 0.2) is 11.6 Å². The fraction of sp³-hybridized carbons (Fsp3) is 0.571. The van der Waals surface area contributed by atoms with Crippen molar-refractivity contribution in [3.05, 3.63) is 11.6 Å². The Balaban J connectivity index is 2.78. The van der Waals surface area contributed by atoms with E-state index in [9.17, 15) is 0 Å². The van der Waals surface area contributed by atoms with Gasteiger partial charge < -0.3 is 0 Å². The molecule has 44 valence electrons. The average Bonchev–Trinajstić information content (AvgIpc) is 1.85. The molecule has 0 aromatic rings. The molecule has 1 aliphatic heterocycles. The Morgan fingerprint density at radius 1 is 1.50 bits per heavy atom. The van der Waals surface area contributed by atoms with Crippen LogP contribution in [-0.2, 0) is 0 Å². The van der Waals surface area contributed by atoms with E-state index >= 15 is 0 Å². The van der Waals surface area contributed by atoms with Gasteiger partial charge in [-0.15, -0.1) is 0 Å². The van der Waals surface area contributed by atoms with Crippen LogP contribution >= 0.6 is 0 Å². The first kappa shape index (κ1) is 6.55. The monoisotopic (exact) mass is 216 g/mol. The number of allylic oxidation sites excluding steroid dienone is 2. The zero-order valence-electron chi connectivity index (χ0n) is 5.60. The molecule has 0 radical (unpaired) electrons. The summed E-state index contributed by atoms with van der Waals surface area (Å²) in [5, 5.41) is 0. The summed E-state index contributed by atoms with van der Waals surface area (Å²) in [6.45, 7) is 6.86. The Labute approximate surface area is 61.0 Å². The van der Waals surface area contributed by atoms with Gasteiger partial charge in [0, 0.05) is 0 Å². The van der Waals surface area contributed by atoms with E-state index in [4.69, 9.17) is 0 Å². The molecule has 0 amide bonds. The number of hydrogen-bond donors (Lipinski definition) is 0. The summed E-state index contributed by atoms with van der Waals surface area (Å²) in [6, 6.07) is 0. The average molecular weight is 217 g/mol. The van der Waals surface area contributed by atoms with Gasteiger partial charge in [0.2, 0.25) is 0 Å². The molecule has 1 rings (SSSR count). The van der Waals surface area contributed by atoms with Crippen molar-refractivity contribution >= 4 is 24.6 Å². The second-order valence-electron chi connectivity index (χ2n) is 2.33. The molecule has 0 aliphatic carbocycles. The predicted octanol–water partition coefficient (Wildman–Crippen LogP) is 1.65. The van der Waals surface area contributed by atoms with Crippen LogP contribution in [0.2, 0.25) is 3.86 Å². The van der Waals surface area contributed by atoms with Crippen molar-refractivity contribution in [2.75, 3.05) is 0 Å². The Bertz CT molecular complexity index is 154. The molecule has 0 aromatic carbocycles. The summed E-state index contributed by atoms with van der Waals surface area (Å²) >= 11 is 0.0794. The van der Waals surface area contributed by atoms with Gasteiger partial charge in [0.1, 0.15) is 0 Å². The van der Waals surface area contributed by atoms with Crippen molar-refractivity contribution in [1.82, 2.24) is 0 Å². The molecule has 8 heavy (non-hydrogen) atoms. The molecule has 0 bridgehead atoms. The summed E-state index contributed by atoms with van der Waals surface area (Å²) in [6.07, 6.45) is 2.36. The van der Waals surface area contributed by atoms with Crippen molar-refractivity contribution in [3.8, 4) is 0 Å². The van der Waals surface area contributed by atoms with Gasteiger partial charge in [-0.25, -0.2) is 0 Å². The molecule has 0 saturated carbocycles. The molecule has 0 saturated heterocycles. The van der Waals surface area contributed by atoms with Gasteiger partial charge in [-0.3, -0.25) is 0 Å². The summed E-state index contributed by atoms with van der Waals surface area (Å²) in [7, 11) is 0. The van der Waals surface area contributed by atoms with E-state index in [0.717, 1.165) is 3.86 Å². The van der Waals surface area contributed by atoms with Crippen LogP contribution in [0.4, 0.5) is 0 Å². The van der Waals surface area contributed by atoms with Crippen molar-refractivity contribution in [2.45, 2.75) is 24.6 Å². The molecule has 1 aliphatic rings. The fourth-order valence-electron chi connectivity index (χ4n) is 0.895. The van der Waals surface area contributed by atoms with Gasteiger partial charge in [-0.05, 0) is 0 Å². The van der Waals surface area contributed by atoms with E-state index in [-0.39, 0.29) is 21.1 Å². The van der Waals surface area contributed by atoms with Gasteiger partial charge >= 0.3 is 60.9 Å². The Hall–Kier alpha value is 0.428. The normalized spacial score (nSPS) is 27.6. The van der Waals surface area contributed by atoms with Crippen LogP contribution < -0.4 is 0 Å². The van der Waals surface area contributed by atoms with Crippen LogP contribution in [0.3, 0.4) is 0 Å². The van der Waals surface area contributed by atoms with Gasteiger partial charge in [0.25, 0.3) is 0 Å². The first-order valence-corrected chi connectivity index (χ1v) is 5.68. The van der Waals surface area contributed by atoms with E-state index in [0.29, 0.717) is 0 Å². The van der Waals surface area contributed by atoms with E-state index < -0.39 is 0 Å². The van der Waals surface area contributed by atoms with E-state index in [1.807, 2.05) is 0 Å². The molecule has 1 heterocycles. The molecule has 0 nitrogen and oxygen atoms in total. The summed E-state index contributed by atoms with van der Waals surface area (Å²) in [5.41, 5.74) is 1.61. The molecular weight excluding hydrogens is 206 g/mol. The quantitative estimate of drug-likeness (QED) is 0.541. The van der Waals surface area contributed by atoms with Crippen LogP contribution in [0, 0.1) is 0 Å². The maximum atomic E-state index is 2.36. The number of hydrogen-bond acceptors (Lipinski definition) is 0. The van der Waals surface area contributed by atoms with Gasteiger partial charge in [-0.2, -0.15) is 0 Å². The third-order valence-corrected chi connectivity index (χ3v) is 5.29. The topological polar surface area (TPSA) is 0 Å².